The van der Waals surface area contributed by atoms with Crippen LogP contribution < -0.4 is 4.90 Å². The molecule has 0 atom stereocenters. The lowest BCUT2D eigenvalue weighted by Crippen LogP contribution is -2.37. The largest absolute Gasteiger partial charge is 0.336 e. The normalized spacial score (nSPS) is 13.6. The Hall–Kier alpha value is -4.10. The Morgan fingerprint density at radius 3 is 1.55 bits per heavy atom. The van der Waals surface area contributed by atoms with Gasteiger partial charge >= 0.3 is 0 Å². The fraction of sp³-hybridized carbons (Fsp3) is 0.189. The van der Waals surface area contributed by atoms with Gasteiger partial charge < -0.3 is 4.90 Å². The Morgan fingerprint density at radius 2 is 0.947 bits per heavy atom. The maximum Gasteiger partial charge on any atom is 0.0419 e. The molecule has 0 N–H and O–H groups in total. The van der Waals surface area contributed by atoms with Gasteiger partial charge in [-0.3, -0.25) is 0 Å². The molecule has 0 aromatic heterocycles. The fourth-order valence-electron chi connectivity index (χ4n) is 6.04. The van der Waals surface area contributed by atoms with Crippen LogP contribution in [0, 0.1) is 0 Å². The molecular formula is C37H35N. The molecular weight excluding hydrogens is 458 g/mol. The third-order valence-corrected chi connectivity index (χ3v) is 7.95. The van der Waals surface area contributed by atoms with E-state index in [0.29, 0.717) is 0 Å². The fourth-order valence-corrected chi connectivity index (χ4v) is 6.04. The molecule has 0 radical (unpaired) electrons. The lowest BCUT2D eigenvalue weighted by atomic mass is 9.82. The summed E-state index contributed by atoms with van der Waals surface area (Å²) >= 11 is 0. The lowest BCUT2D eigenvalue weighted by Gasteiger charge is -2.38. The van der Waals surface area contributed by atoms with Crippen molar-refractivity contribution < 1.29 is 0 Å². The molecule has 0 unspecified atom stereocenters. The van der Waals surface area contributed by atoms with Gasteiger partial charge in [-0.05, 0) is 89.5 Å². The molecule has 188 valence electrons. The first-order valence-electron chi connectivity index (χ1n) is 13.5. The summed E-state index contributed by atoms with van der Waals surface area (Å²) in [7, 11) is 0. The van der Waals surface area contributed by atoms with E-state index in [2.05, 4.69) is 161 Å². The third-order valence-electron chi connectivity index (χ3n) is 7.95. The number of anilines is 2. The van der Waals surface area contributed by atoms with E-state index >= 15 is 0 Å². The molecule has 1 heteroatoms. The van der Waals surface area contributed by atoms with Gasteiger partial charge in [0.25, 0.3) is 0 Å². The second kappa shape index (κ2) is 9.03. The van der Waals surface area contributed by atoms with E-state index in [4.69, 9.17) is 0 Å². The van der Waals surface area contributed by atoms with Gasteiger partial charge in [0.2, 0.25) is 0 Å². The van der Waals surface area contributed by atoms with E-state index in [1.54, 1.807) is 0 Å². The van der Waals surface area contributed by atoms with Crippen molar-refractivity contribution in [2.45, 2.75) is 45.6 Å². The van der Waals surface area contributed by atoms with Crippen LogP contribution in [0.25, 0.3) is 33.4 Å². The van der Waals surface area contributed by atoms with Crippen molar-refractivity contribution in [3.8, 4) is 33.4 Å². The minimum atomic E-state index is -0.0807. The topological polar surface area (TPSA) is 3.24 Å². The number of hydrogen-bond acceptors (Lipinski definition) is 1. The van der Waals surface area contributed by atoms with Crippen LogP contribution in [0.5, 0.6) is 0 Å². The Balaban J connectivity index is 1.33. The minimum absolute atomic E-state index is 0.0126. The summed E-state index contributed by atoms with van der Waals surface area (Å²) in [6.45, 7) is 11.6. The molecule has 38 heavy (non-hydrogen) atoms. The summed E-state index contributed by atoms with van der Waals surface area (Å²) in [5.74, 6) is 0. The number of fused-ring (bicyclic) bond motifs is 3. The van der Waals surface area contributed by atoms with Gasteiger partial charge in [-0.25, -0.2) is 0 Å². The average Bonchev–Trinajstić information content (AvgIpc) is 3.15. The van der Waals surface area contributed by atoms with E-state index in [1.807, 2.05) is 0 Å². The maximum atomic E-state index is 2.47. The van der Waals surface area contributed by atoms with Gasteiger partial charge in [0, 0.05) is 22.3 Å². The van der Waals surface area contributed by atoms with Gasteiger partial charge in [-0.2, -0.15) is 0 Å². The highest BCUT2D eigenvalue weighted by molar-refractivity contribution is 5.83. The highest BCUT2D eigenvalue weighted by atomic mass is 15.2. The second-order valence-corrected chi connectivity index (χ2v) is 11.9. The van der Waals surface area contributed by atoms with Gasteiger partial charge in [-0.1, -0.05) is 111 Å². The number of hydrogen-bond donors (Lipinski definition) is 0. The Bertz CT molecular complexity index is 1580. The van der Waals surface area contributed by atoms with Crippen molar-refractivity contribution >= 4 is 11.4 Å². The van der Waals surface area contributed by atoms with Gasteiger partial charge in [0.05, 0.1) is 0 Å². The van der Waals surface area contributed by atoms with Crippen molar-refractivity contribution in [3.63, 3.8) is 0 Å². The molecule has 0 fully saturated rings. The molecule has 0 bridgehead atoms. The summed E-state index contributed by atoms with van der Waals surface area (Å²) in [6, 6.07) is 44.3. The van der Waals surface area contributed by atoms with Gasteiger partial charge in [0.15, 0.2) is 0 Å². The van der Waals surface area contributed by atoms with Crippen molar-refractivity contribution in [3.05, 3.63) is 132 Å². The van der Waals surface area contributed by atoms with Gasteiger partial charge in [-0.15, -0.1) is 0 Å². The number of nitrogens with zero attached hydrogens (tertiary/aromatic N) is 1. The minimum Gasteiger partial charge on any atom is -0.336 e. The molecule has 0 aliphatic heterocycles. The molecule has 0 amide bonds. The quantitative estimate of drug-likeness (QED) is 0.241. The number of rotatable bonds is 4. The van der Waals surface area contributed by atoms with E-state index in [0.717, 1.165) is 0 Å². The summed E-state index contributed by atoms with van der Waals surface area (Å²) in [4.78, 5) is 2.47. The molecule has 0 saturated carbocycles. The first-order chi connectivity index (χ1) is 18.2. The van der Waals surface area contributed by atoms with Crippen LogP contribution >= 0.6 is 0 Å². The van der Waals surface area contributed by atoms with Crippen molar-refractivity contribution in [2.75, 3.05) is 4.90 Å². The third kappa shape index (κ3) is 4.13. The Morgan fingerprint density at radius 1 is 0.474 bits per heavy atom. The van der Waals surface area contributed by atoms with Crippen LogP contribution in [0.2, 0.25) is 0 Å². The van der Waals surface area contributed by atoms with E-state index in [1.165, 1.54) is 55.9 Å². The summed E-state index contributed by atoms with van der Waals surface area (Å²) < 4.78 is 0. The van der Waals surface area contributed by atoms with Crippen LogP contribution in [-0.4, -0.2) is 5.54 Å². The monoisotopic (exact) mass is 493 g/mol. The van der Waals surface area contributed by atoms with Crippen LogP contribution in [-0.2, 0) is 5.41 Å². The summed E-state index contributed by atoms with van der Waals surface area (Å²) in [5.41, 5.74) is 12.8. The molecule has 1 aliphatic rings. The van der Waals surface area contributed by atoms with Crippen LogP contribution in [0.4, 0.5) is 11.4 Å². The standard InChI is InChI=1S/C37H35N/c1-36(2,3)38(31-23-24-33-32-13-9-10-14-34(32)37(4,5)35(33)25-31)30-21-19-29(20-22-30)28-17-15-27(16-18-28)26-11-7-6-8-12-26/h6-25H,1-5H3. The SMILES string of the molecule is CC1(C)c2ccccc2-c2ccc(N(c3ccc(-c4ccc(-c5ccccc5)cc4)cc3)C(C)(C)C)cc21. The zero-order valence-electron chi connectivity index (χ0n) is 23.0. The van der Waals surface area contributed by atoms with E-state index in [9.17, 15) is 0 Å². The zero-order valence-corrected chi connectivity index (χ0v) is 23.0. The van der Waals surface area contributed by atoms with Crippen molar-refractivity contribution in [1.29, 1.82) is 0 Å². The first kappa shape index (κ1) is 24.2. The highest BCUT2D eigenvalue weighted by Gasteiger charge is 2.36. The predicted molar refractivity (Wildman–Crippen MR) is 163 cm³/mol. The number of benzene rings is 5. The molecule has 6 rings (SSSR count). The molecule has 1 aliphatic carbocycles. The van der Waals surface area contributed by atoms with Crippen LogP contribution in [0.1, 0.15) is 45.7 Å². The van der Waals surface area contributed by atoms with E-state index < -0.39 is 0 Å². The van der Waals surface area contributed by atoms with Crippen molar-refractivity contribution in [2.24, 2.45) is 0 Å². The van der Waals surface area contributed by atoms with Crippen LogP contribution in [0.15, 0.2) is 121 Å². The molecule has 0 saturated heterocycles. The van der Waals surface area contributed by atoms with E-state index in [-0.39, 0.29) is 11.0 Å². The molecule has 0 spiro atoms. The average molecular weight is 494 g/mol. The molecule has 5 aromatic carbocycles. The Labute approximate surface area is 227 Å². The molecule has 5 aromatic rings. The lowest BCUT2D eigenvalue weighted by molar-refractivity contribution is 0.559. The summed E-state index contributed by atoms with van der Waals surface area (Å²) in [5, 5.41) is 0. The maximum absolute atomic E-state index is 2.47. The smallest absolute Gasteiger partial charge is 0.0419 e. The second-order valence-electron chi connectivity index (χ2n) is 11.9. The summed E-state index contributed by atoms with van der Waals surface area (Å²) in [6.07, 6.45) is 0. The molecule has 0 heterocycles. The zero-order chi connectivity index (χ0) is 26.5. The van der Waals surface area contributed by atoms with Gasteiger partial charge in [0.1, 0.15) is 0 Å². The highest BCUT2D eigenvalue weighted by Crippen LogP contribution is 2.50. The van der Waals surface area contributed by atoms with Crippen LogP contribution in [0.3, 0.4) is 0 Å². The Kier molecular flexibility index (Phi) is 5.76. The molecule has 1 nitrogen and oxygen atoms in total. The first-order valence-corrected chi connectivity index (χ1v) is 13.5. The predicted octanol–water partition coefficient (Wildman–Crippen LogP) is 10.3. The van der Waals surface area contributed by atoms with Crippen molar-refractivity contribution in [1.82, 2.24) is 0 Å².